The summed E-state index contributed by atoms with van der Waals surface area (Å²) in [5, 5.41) is 0. The fourth-order valence-corrected chi connectivity index (χ4v) is 3.32. The third kappa shape index (κ3) is 3.33. The number of anilines is 1. The zero-order valence-electron chi connectivity index (χ0n) is 13.9. The van der Waals surface area contributed by atoms with Gasteiger partial charge in [-0.1, -0.05) is 42.0 Å². The van der Waals surface area contributed by atoms with E-state index in [1.165, 1.54) is 22.4 Å². The minimum atomic E-state index is 0.556. The average Bonchev–Trinajstić information content (AvgIpc) is 2.51. The maximum atomic E-state index is 2.58. The van der Waals surface area contributed by atoms with E-state index < -0.39 is 0 Å². The first-order chi connectivity index (χ1) is 10.6. The molecule has 0 aliphatic carbocycles. The van der Waals surface area contributed by atoms with Crippen molar-refractivity contribution in [1.82, 2.24) is 4.90 Å². The van der Waals surface area contributed by atoms with Gasteiger partial charge in [0.25, 0.3) is 0 Å². The molecule has 1 saturated heterocycles. The van der Waals surface area contributed by atoms with Gasteiger partial charge >= 0.3 is 0 Å². The minimum Gasteiger partial charge on any atom is -0.366 e. The molecule has 1 aliphatic heterocycles. The normalized spacial score (nSPS) is 19.4. The van der Waals surface area contributed by atoms with Gasteiger partial charge < -0.3 is 4.90 Å². The summed E-state index contributed by atoms with van der Waals surface area (Å²) in [7, 11) is 0. The van der Waals surface area contributed by atoms with Gasteiger partial charge in [-0.25, -0.2) is 0 Å². The molecule has 0 spiro atoms. The highest BCUT2D eigenvalue weighted by molar-refractivity contribution is 5.49. The molecule has 2 aromatic carbocycles. The largest absolute Gasteiger partial charge is 0.366 e. The van der Waals surface area contributed by atoms with Gasteiger partial charge in [-0.3, -0.25) is 4.90 Å². The smallest absolute Gasteiger partial charge is 0.0389 e. The van der Waals surface area contributed by atoms with E-state index in [0.29, 0.717) is 6.04 Å². The highest BCUT2D eigenvalue weighted by Gasteiger charge is 2.23. The van der Waals surface area contributed by atoms with Gasteiger partial charge in [0.1, 0.15) is 0 Å². The van der Waals surface area contributed by atoms with Gasteiger partial charge in [0.15, 0.2) is 0 Å². The summed E-state index contributed by atoms with van der Waals surface area (Å²) in [6.45, 7) is 11.1. The predicted molar refractivity (Wildman–Crippen MR) is 94.4 cm³/mol. The lowest BCUT2D eigenvalue weighted by Gasteiger charge is -2.41. The van der Waals surface area contributed by atoms with E-state index in [0.717, 1.165) is 26.2 Å². The first kappa shape index (κ1) is 15.1. The molecular formula is C20H26N2. The second-order valence-corrected chi connectivity index (χ2v) is 6.54. The van der Waals surface area contributed by atoms with Gasteiger partial charge in [-0.05, 0) is 44.0 Å². The molecule has 0 aromatic heterocycles. The molecule has 116 valence electrons. The quantitative estimate of drug-likeness (QED) is 0.844. The number of hydrogen-bond donors (Lipinski definition) is 0. The van der Waals surface area contributed by atoms with Crippen molar-refractivity contribution in [3.8, 4) is 0 Å². The van der Waals surface area contributed by atoms with Crippen LogP contribution >= 0.6 is 0 Å². The van der Waals surface area contributed by atoms with Gasteiger partial charge in [0.05, 0.1) is 0 Å². The van der Waals surface area contributed by atoms with Crippen LogP contribution in [0, 0.1) is 13.8 Å². The Labute approximate surface area is 134 Å². The van der Waals surface area contributed by atoms with Gasteiger partial charge in [-0.15, -0.1) is 0 Å². The Balaban J connectivity index is 1.65. The van der Waals surface area contributed by atoms with E-state index in [2.05, 4.69) is 79.1 Å². The average molecular weight is 294 g/mol. The Bertz CT molecular complexity index is 618. The lowest BCUT2D eigenvalue weighted by Crippen LogP contribution is -2.51. The molecule has 0 saturated carbocycles. The Hall–Kier alpha value is -1.80. The summed E-state index contributed by atoms with van der Waals surface area (Å²) in [5.41, 5.74) is 5.54. The van der Waals surface area contributed by atoms with Crippen LogP contribution < -0.4 is 4.90 Å². The Morgan fingerprint density at radius 1 is 0.955 bits per heavy atom. The number of hydrogen-bond acceptors (Lipinski definition) is 2. The fourth-order valence-electron chi connectivity index (χ4n) is 3.32. The van der Waals surface area contributed by atoms with Crippen LogP contribution in [0.25, 0.3) is 0 Å². The van der Waals surface area contributed by atoms with E-state index in [1.807, 2.05) is 0 Å². The monoisotopic (exact) mass is 294 g/mol. The Morgan fingerprint density at radius 3 is 2.36 bits per heavy atom. The molecule has 1 heterocycles. The van der Waals surface area contributed by atoms with Crippen molar-refractivity contribution in [3.05, 3.63) is 65.2 Å². The van der Waals surface area contributed by atoms with E-state index in [-0.39, 0.29) is 0 Å². The summed E-state index contributed by atoms with van der Waals surface area (Å²) in [5.74, 6) is 0. The summed E-state index contributed by atoms with van der Waals surface area (Å²) in [6, 6.07) is 18.2. The predicted octanol–water partition coefficient (Wildman–Crippen LogP) is 4.01. The molecule has 22 heavy (non-hydrogen) atoms. The highest BCUT2D eigenvalue weighted by atomic mass is 15.3. The molecule has 3 rings (SSSR count). The van der Waals surface area contributed by atoms with E-state index >= 15 is 0 Å². The van der Waals surface area contributed by atoms with Crippen molar-refractivity contribution in [1.29, 1.82) is 0 Å². The molecule has 0 N–H and O–H groups in total. The van der Waals surface area contributed by atoms with Crippen LogP contribution in [0.4, 0.5) is 5.69 Å². The number of aryl methyl sites for hydroxylation is 2. The maximum absolute atomic E-state index is 2.58. The van der Waals surface area contributed by atoms with Crippen molar-refractivity contribution >= 4 is 5.69 Å². The summed E-state index contributed by atoms with van der Waals surface area (Å²) in [6.07, 6.45) is 0. The summed E-state index contributed by atoms with van der Waals surface area (Å²) >= 11 is 0. The first-order valence-corrected chi connectivity index (χ1v) is 8.23. The molecule has 2 aromatic rings. The van der Waals surface area contributed by atoms with Crippen LogP contribution in [-0.2, 0) is 6.54 Å². The minimum absolute atomic E-state index is 0.556. The fraction of sp³-hybridized carbons (Fsp3) is 0.400. The molecule has 0 radical (unpaired) electrons. The van der Waals surface area contributed by atoms with Crippen molar-refractivity contribution in [3.63, 3.8) is 0 Å². The number of rotatable bonds is 3. The van der Waals surface area contributed by atoms with Gasteiger partial charge in [0, 0.05) is 37.9 Å². The van der Waals surface area contributed by atoms with E-state index in [1.54, 1.807) is 0 Å². The third-order valence-electron chi connectivity index (χ3n) is 4.73. The van der Waals surface area contributed by atoms with Crippen LogP contribution in [-0.4, -0.2) is 30.6 Å². The van der Waals surface area contributed by atoms with E-state index in [9.17, 15) is 0 Å². The number of nitrogens with zero attached hydrogens (tertiary/aromatic N) is 2. The second-order valence-electron chi connectivity index (χ2n) is 6.54. The van der Waals surface area contributed by atoms with Crippen LogP contribution in [0.2, 0.25) is 0 Å². The maximum Gasteiger partial charge on any atom is 0.0389 e. The van der Waals surface area contributed by atoms with Crippen molar-refractivity contribution in [2.75, 3.05) is 24.5 Å². The van der Waals surface area contributed by atoms with Crippen LogP contribution in [0.1, 0.15) is 23.6 Å². The molecule has 2 heteroatoms. The number of piperazine rings is 1. The Kier molecular flexibility index (Phi) is 4.49. The van der Waals surface area contributed by atoms with Crippen LogP contribution in [0.3, 0.4) is 0 Å². The van der Waals surface area contributed by atoms with Crippen molar-refractivity contribution < 1.29 is 0 Å². The molecule has 1 unspecified atom stereocenters. The molecule has 0 bridgehead atoms. The van der Waals surface area contributed by atoms with Crippen molar-refractivity contribution in [2.24, 2.45) is 0 Å². The van der Waals surface area contributed by atoms with Gasteiger partial charge in [0.2, 0.25) is 0 Å². The zero-order valence-corrected chi connectivity index (χ0v) is 13.9. The SMILES string of the molecule is Cc1ccc(N2CCN(Cc3ccccc3C)CC2C)cc1. The van der Waals surface area contributed by atoms with Crippen LogP contribution in [0.15, 0.2) is 48.5 Å². The molecular weight excluding hydrogens is 268 g/mol. The lowest BCUT2D eigenvalue weighted by atomic mass is 10.1. The molecule has 1 atom stereocenters. The molecule has 2 nitrogen and oxygen atoms in total. The lowest BCUT2D eigenvalue weighted by molar-refractivity contribution is 0.220. The molecule has 1 fully saturated rings. The van der Waals surface area contributed by atoms with Crippen molar-refractivity contribution in [2.45, 2.75) is 33.4 Å². The molecule has 0 amide bonds. The zero-order chi connectivity index (χ0) is 15.5. The highest BCUT2D eigenvalue weighted by Crippen LogP contribution is 2.22. The first-order valence-electron chi connectivity index (χ1n) is 8.23. The standard InChI is InChI=1S/C20H26N2/c1-16-8-10-20(11-9-16)22-13-12-21(14-18(22)3)15-19-7-5-4-6-17(19)2/h4-11,18H,12-15H2,1-3H3. The third-order valence-corrected chi connectivity index (χ3v) is 4.73. The van der Waals surface area contributed by atoms with E-state index in [4.69, 9.17) is 0 Å². The number of benzene rings is 2. The van der Waals surface area contributed by atoms with Gasteiger partial charge in [-0.2, -0.15) is 0 Å². The second kappa shape index (κ2) is 6.53. The summed E-state index contributed by atoms with van der Waals surface area (Å²) in [4.78, 5) is 5.12. The summed E-state index contributed by atoms with van der Waals surface area (Å²) < 4.78 is 0. The van der Waals surface area contributed by atoms with Crippen LogP contribution in [0.5, 0.6) is 0 Å². The topological polar surface area (TPSA) is 6.48 Å². The Morgan fingerprint density at radius 2 is 1.68 bits per heavy atom. The molecule has 1 aliphatic rings.